The number of halogens is 1. The molecule has 0 aromatic heterocycles. The summed E-state index contributed by atoms with van der Waals surface area (Å²) in [6.07, 6.45) is 2.85. The summed E-state index contributed by atoms with van der Waals surface area (Å²) in [7, 11) is 0. The van der Waals surface area contributed by atoms with Gasteiger partial charge in [0.15, 0.2) is 0 Å². The summed E-state index contributed by atoms with van der Waals surface area (Å²) in [5, 5.41) is 10.9. The van der Waals surface area contributed by atoms with Crippen molar-refractivity contribution >= 4 is 11.6 Å². The molecule has 23 heavy (non-hydrogen) atoms. The molecule has 2 fully saturated rings. The monoisotopic (exact) mass is 339 g/mol. The largest absolute Gasteiger partial charge is 0.491 e. The van der Waals surface area contributed by atoms with Gasteiger partial charge < -0.3 is 14.6 Å². The molecule has 0 bridgehead atoms. The van der Waals surface area contributed by atoms with Crippen molar-refractivity contribution in [2.75, 3.05) is 32.8 Å². The lowest BCUT2D eigenvalue weighted by Crippen LogP contribution is -2.62. The number of aliphatic hydroxyl groups excluding tert-OH is 1. The molecule has 2 atom stereocenters. The quantitative estimate of drug-likeness (QED) is 0.865. The van der Waals surface area contributed by atoms with E-state index >= 15 is 0 Å². The molecule has 128 valence electrons. The predicted octanol–water partition coefficient (Wildman–Crippen LogP) is 2.97. The molecule has 3 rings (SSSR count). The number of hydrogen-bond acceptors (Lipinski definition) is 4. The van der Waals surface area contributed by atoms with E-state index in [1.807, 2.05) is 31.2 Å². The number of aliphatic hydroxyl groups is 1. The Morgan fingerprint density at radius 3 is 2.70 bits per heavy atom. The number of ether oxygens (including phenoxy) is 2. The van der Waals surface area contributed by atoms with Crippen LogP contribution in [0.2, 0.25) is 5.02 Å². The van der Waals surface area contributed by atoms with E-state index in [-0.39, 0.29) is 17.6 Å². The first-order chi connectivity index (χ1) is 11.2. The third-order valence-corrected chi connectivity index (χ3v) is 5.71. The van der Waals surface area contributed by atoms with Gasteiger partial charge in [0.1, 0.15) is 12.4 Å². The highest BCUT2D eigenvalue weighted by Crippen LogP contribution is 2.50. The Hall–Kier alpha value is -0.810. The van der Waals surface area contributed by atoms with Crippen molar-refractivity contribution in [3.05, 3.63) is 29.3 Å². The summed E-state index contributed by atoms with van der Waals surface area (Å²) in [5.41, 5.74) is -0.00386. The maximum Gasteiger partial charge on any atom is 0.137 e. The molecule has 1 aliphatic heterocycles. The molecule has 0 radical (unpaired) electrons. The molecule has 1 saturated carbocycles. The number of nitrogens with zero attached hydrogens (tertiary/aromatic N) is 1. The molecule has 1 N–H and O–H groups in total. The van der Waals surface area contributed by atoms with Gasteiger partial charge in [-0.25, -0.2) is 0 Å². The van der Waals surface area contributed by atoms with Gasteiger partial charge in [0.25, 0.3) is 0 Å². The molecule has 2 aliphatic rings. The molecule has 2 unspecified atom stereocenters. The van der Waals surface area contributed by atoms with Crippen LogP contribution in [0, 0.1) is 5.41 Å². The van der Waals surface area contributed by atoms with Gasteiger partial charge in [-0.05, 0) is 45.0 Å². The van der Waals surface area contributed by atoms with Crippen molar-refractivity contribution in [1.82, 2.24) is 4.90 Å². The standard InChI is InChI=1S/C18H26ClNO3/c1-2-22-17-13-16(21)18(17)7-9-20(10-8-18)11-12-23-15-6-4-3-5-14(15)19/h3-6,16-17,21H,2,7-13H2,1H3. The molecule has 1 heterocycles. The average molecular weight is 340 g/mol. The topological polar surface area (TPSA) is 41.9 Å². The number of para-hydroxylation sites is 1. The van der Waals surface area contributed by atoms with Crippen molar-refractivity contribution in [1.29, 1.82) is 0 Å². The maximum absolute atomic E-state index is 10.2. The molecule has 5 heteroatoms. The first-order valence-electron chi connectivity index (χ1n) is 8.55. The minimum absolute atomic E-state index is 0.00386. The van der Waals surface area contributed by atoms with Crippen molar-refractivity contribution in [3.8, 4) is 5.75 Å². The minimum Gasteiger partial charge on any atom is -0.491 e. The van der Waals surface area contributed by atoms with Gasteiger partial charge in [0.05, 0.1) is 17.2 Å². The van der Waals surface area contributed by atoms with E-state index in [2.05, 4.69) is 4.90 Å². The van der Waals surface area contributed by atoms with Crippen molar-refractivity contribution in [3.63, 3.8) is 0 Å². The van der Waals surface area contributed by atoms with Crippen LogP contribution < -0.4 is 4.74 Å². The van der Waals surface area contributed by atoms with E-state index in [9.17, 15) is 5.11 Å². The summed E-state index contributed by atoms with van der Waals surface area (Å²) >= 11 is 6.09. The number of hydrogen-bond donors (Lipinski definition) is 1. The highest BCUT2D eigenvalue weighted by Gasteiger charge is 2.55. The third-order valence-electron chi connectivity index (χ3n) is 5.40. The molecular formula is C18H26ClNO3. The van der Waals surface area contributed by atoms with E-state index in [1.165, 1.54) is 0 Å². The lowest BCUT2D eigenvalue weighted by Gasteiger charge is -2.56. The highest BCUT2D eigenvalue weighted by atomic mass is 35.5. The molecule has 1 aromatic rings. The molecule has 0 amide bonds. The van der Waals surface area contributed by atoms with E-state index in [1.54, 1.807) is 0 Å². The van der Waals surface area contributed by atoms with Gasteiger partial charge in [-0.15, -0.1) is 0 Å². The summed E-state index contributed by atoms with van der Waals surface area (Å²) in [4.78, 5) is 2.40. The fraction of sp³-hybridized carbons (Fsp3) is 0.667. The van der Waals surface area contributed by atoms with Crippen LogP contribution in [-0.2, 0) is 4.74 Å². The summed E-state index contributed by atoms with van der Waals surface area (Å²) in [5.74, 6) is 0.744. The van der Waals surface area contributed by atoms with E-state index in [0.717, 1.165) is 51.3 Å². The molecule has 1 spiro atoms. The zero-order valence-corrected chi connectivity index (χ0v) is 14.5. The van der Waals surface area contributed by atoms with Crippen LogP contribution in [0.3, 0.4) is 0 Å². The first-order valence-corrected chi connectivity index (χ1v) is 8.93. The van der Waals surface area contributed by atoms with Crippen LogP contribution in [-0.4, -0.2) is 55.1 Å². The van der Waals surface area contributed by atoms with Gasteiger partial charge >= 0.3 is 0 Å². The Kier molecular flexibility index (Phi) is 5.47. The summed E-state index contributed by atoms with van der Waals surface area (Å²) in [6, 6.07) is 7.56. The zero-order chi connectivity index (χ0) is 16.3. The van der Waals surface area contributed by atoms with Gasteiger partial charge in [-0.2, -0.15) is 0 Å². The van der Waals surface area contributed by atoms with E-state index < -0.39 is 0 Å². The van der Waals surface area contributed by atoms with Crippen LogP contribution in [0.5, 0.6) is 5.75 Å². The van der Waals surface area contributed by atoms with Crippen LogP contribution in [0.15, 0.2) is 24.3 Å². The minimum atomic E-state index is -0.194. The summed E-state index contributed by atoms with van der Waals surface area (Å²) < 4.78 is 11.6. The second kappa shape index (κ2) is 7.39. The second-order valence-corrected chi connectivity index (χ2v) is 6.96. The maximum atomic E-state index is 10.2. The average Bonchev–Trinajstić information content (AvgIpc) is 2.57. The SMILES string of the molecule is CCOC1CC(O)C12CCN(CCOc1ccccc1Cl)CC2. The smallest absolute Gasteiger partial charge is 0.137 e. The van der Waals surface area contributed by atoms with Crippen molar-refractivity contribution in [2.24, 2.45) is 5.41 Å². The Morgan fingerprint density at radius 2 is 2.04 bits per heavy atom. The second-order valence-electron chi connectivity index (χ2n) is 6.55. The Morgan fingerprint density at radius 1 is 1.30 bits per heavy atom. The Labute approximate surface area is 143 Å². The highest BCUT2D eigenvalue weighted by molar-refractivity contribution is 6.32. The molecule has 1 aromatic carbocycles. The van der Waals surface area contributed by atoms with Gasteiger partial charge in [-0.1, -0.05) is 23.7 Å². The number of rotatable bonds is 6. The summed E-state index contributed by atoms with van der Waals surface area (Å²) in [6.45, 7) is 6.26. The lowest BCUT2D eigenvalue weighted by atomic mass is 9.58. The Bertz CT molecular complexity index is 515. The molecular weight excluding hydrogens is 314 g/mol. The van der Waals surface area contributed by atoms with Gasteiger partial charge in [0, 0.05) is 25.0 Å². The lowest BCUT2D eigenvalue weighted by molar-refractivity contribution is -0.209. The van der Waals surface area contributed by atoms with E-state index in [0.29, 0.717) is 11.6 Å². The fourth-order valence-corrected chi connectivity index (χ4v) is 4.05. The number of benzene rings is 1. The van der Waals surface area contributed by atoms with E-state index in [4.69, 9.17) is 21.1 Å². The van der Waals surface area contributed by atoms with Crippen molar-refractivity contribution in [2.45, 2.75) is 38.4 Å². The molecule has 1 saturated heterocycles. The normalized spacial score (nSPS) is 26.9. The first kappa shape index (κ1) is 17.0. The number of piperidine rings is 1. The molecule has 1 aliphatic carbocycles. The molecule has 4 nitrogen and oxygen atoms in total. The van der Waals surface area contributed by atoms with Gasteiger partial charge in [0.2, 0.25) is 0 Å². The van der Waals surface area contributed by atoms with Gasteiger partial charge in [-0.3, -0.25) is 4.90 Å². The van der Waals surface area contributed by atoms with Crippen LogP contribution >= 0.6 is 11.6 Å². The zero-order valence-electron chi connectivity index (χ0n) is 13.7. The van der Waals surface area contributed by atoms with Crippen LogP contribution in [0.1, 0.15) is 26.2 Å². The van der Waals surface area contributed by atoms with Crippen LogP contribution in [0.4, 0.5) is 0 Å². The Balaban J connectivity index is 1.44. The third kappa shape index (κ3) is 3.50. The fourth-order valence-electron chi connectivity index (χ4n) is 3.86. The number of likely N-dealkylation sites (tertiary alicyclic amines) is 1. The van der Waals surface area contributed by atoms with Crippen LogP contribution in [0.25, 0.3) is 0 Å². The predicted molar refractivity (Wildman–Crippen MR) is 91.1 cm³/mol. The van der Waals surface area contributed by atoms with Crippen molar-refractivity contribution < 1.29 is 14.6 Å².